The van der Waals surface area contributed by atoms with Crippen LogP contribution in [0.15, 0.2) is 28.2 Å². The zero-order chi connectivity index (χ0) is 18.7. The normalized spacial score (nSPS) is 22.2. The van der Waals surface area contributed by atoms with E-state index in [2.05, 4.69) is 15.3 Å². The Balaban J connectivity index is 1.93. The molecule has 0 bridgehead atoms. The number of amides is 2. The highest BCUT2D eigenvalue weighted by Gasteiger charge is 2.42. The summed E-state index contributed by atoms with van der Waals surface area (Å²) in [6.45, 7) is 4.26. The van der Waals surface area contributed by atoms with E-state index in [0.29, 0.717) is 23.4 Å². The molecule has 138 valence electrons. The summed E-state index contributed by atoms with van der Waals surface area (Å²) in [5.74, 6) is 0.0113. The summed E-state index contributed by atoms with van der Waals surface area (Å²) in [6, 6.07) is 4.90. The highest BCUT2D eigenvalue weighted by Crippen LogP contribution is 2.38. The molecule has 2 aliphatic heterocycles. The lowest BCUT2D eigenvalue weighted by Gasteiger charge is -2.32. The van der Waals surface area contributed by atoms with E-state index in [0.717, 1.165) is 17.7 Å². The number of aromatic hydroxyl groups is 1. The maximum Gasteiger partial charge on any atom is 0.259 e. The van der Waals surface area contributed by atoms with Crippen LogP contribution in [0, 0.1) is 5.92 Å². The van der Waals surface area contributed by atoms with Crippen molar-refractivity contribution in [3.63, 3.8) is 0 Å². The third kappa shape index (κ3) is 3.75. The second kappa shape index (κ2) is 7.90. The van der Waals surface area contributed by atoms with Crippen LogP contribution in [0.25, 0.3) is 0 Å². The number of nitrogens with one attached hydrogen (secondary N) is 1. The summed E-state index contributed by atoms with van der Waals surface area (Å²) >= 11 is 1.40. The van der Waals surface area contributed by atoms with Crippen molar-refractivity contribution >= 4 is 34.6 Å². The molecule has 2 unspecified atom stereocenters. The van der Waals surface area contributed by atoms with Gasteiger partial charge in [-0.3, -0.25) is 9.59 Å². The molecule has 2 heterocycles. The standard InChI is InChI=1S/C18H21N3O4S/c1-3-7-26-18-20-16-15(17(24)21-18)11(9-14(23)19-16)10-5-6-12(22)13(8-10)25-4-2/h5-6,8,11,15,22H,3-4,7,9H2,1-2H3,(H,19,20,21,23,24). The number of phenolic OH excluding ortho intramolecular Hbond substituents is 1. The third-order valence-corrected chi connectivity index (χ3v) is 5.26. The van der Waals surface area contributed by atoms with Gasteiger partial charge >= 0.3 is 0 Å². The molecule has 0 radical (unpaired) electrons. The first-order valence-electron chi connectivity index (χ1n) is 8.63. The van der Waals surface area contributed by atoms with Gasteiger partial charge in [-0.25, -0.2) is 4.99 Å². The number of rotatable bonds is 5. The number of piperidine rings is 1. The van der Waals surface area contributed by atoms with E-state index < -0.39 is 11.8 Å². The van der Waals surface area contributed by atoms with Gasteiger partial charge in [0, 0.05) is 18.1 Å². The largest absolute Gasteiger partial charge is 0.504 e. The van der Waals surface area contributed by atoms with Gasteiger partial charge in [-0.1, -0.05) is 24.8 Å². The Morgan fingerprint density at radius 2 is 2.12 bits per heavy atom. The van der Waals surface area contributed by atoms with Crippen molar-refractivity contribution in [2.24, 2.45) is 15.9 Å². The van der Waals surface area contributed by atoms with Gasteiger partial charge in [0.05, 0.1) is 6.61 Å². The first-order valence-corrected chi connectivity index (χ1v) is 9.61. The Kier molecular flexibility index (Phi) is 5.61. The maximum absolute atomic E-state index is 12.7. The predicted molar refractivity (Wildman–Crippen MR) is 101 cm³/mol. The monoisotopic (exact) mass is 375 g/mol. The van der Waals surface area contributed by atoms with Crippen molar-refractivity contribution in [1.82, 2.24) is 5.32 Å². The molecule has 0 aromatic heterocycles. The van der Waals surface area contributed by atoms with Gasteiger partial charge in [-0.15, -0.1) is 0 Å². The number of hydrogen-bond donors (Lipinski definition) is 2. The molecule has 26 heavy (non-hydrogen) atoms. The average Bonchev–Trinajstić information content (AvgIpc) is 2.61. The highest BCUT2D eigenvalue weighted by atomic mass is 32.2. The van der Waals surface area contributed by atoms with E-state index in [9.17, 15) is 14.7 Å². The second-order valence-electron chi connectivity index (χ2n) is 6.07. The quantitative estimate of drug-likeness (QED) is 0.823. The lowest BCUT2D eigenvalue weighted by atomic mass is 9.79. The Bertz CT molecular complexity index is 791. The Morgan fingerprint density at radius 3 is 2.85 bits per heavy atom. The van der Waals surface area contributed by atoms with Crippen LogP contribution in [-0.4, -0.2) is 40.3 Å². The van der Waals surface area contributed by atoms with Crippen molar-refractivity contribution in [3.8, 4) is 11.5 Å². The molecule has 0 saturated carbocycles. The van der Waals surface area contributed by atoms with Crippen LogP contribution in [0.3, 0.4) is 0 Å². The van der Waals surface area contributed by atoms with Crippen LogP contribution in [0.4, 0.5) is 0 Å². The molecule has 0 aliphatic carbocycles. The van der Waals surface area contributed by atoms with Crippen LogP contribution in [0.1, 0.15) is 38.2 Å². The van der Waals surface area contributed by atoms with E-state index in [1.54, 1.807) is 12.1 Å². The van der Waals surface area contributed by atoms with E-state index >= 15 is 0 Å². The molecule has 0 spiro atoms. The minimum atomic E-state index is -0.627. The van der Waals surface area contributed by atoms with E-state index in [-0.39, 0.29) is 24.0 Å². The van der Waals surface area contributed by atoms with Gasteiger partial charge in [0.15, 0.2) is 16.7 Å². The molecule has 2 atom stereocenters. The number of fused-ring (bicyclic) bond motifs is 1. The van der Waals surface area contributed by atoms with Gasteiger partial charge in [-0.05, 0) is 31.0 Å². The zero-order valence-electron chi connectivity index (χ0n) is 14.7. The fraction of sp³-hybridized carbons (Fsp3) is 0.444. The van der Waals surface area contributed by atoms with Crippen LogP contribution in [0.2, 0.25) is 0 Å². The van der Waals surface area contributed by atoms with E-state index in [1.165, 1.54) is 17.8 Å². The van der Waals surface area contributed by atoms with Crippen LogP contribution < -0.4 is 10.1 Å². The number of amidine groups is 2. The molecule has 1 aromatic rings. The summed E-state index contributed by atoms with van der Waals surface area (Å²) in [5, 5.41) is 13.0. The van der Waals surface area contributed by atoms with Crippen LogP contribution in [-0.2, 0) is 9.59 Å². The molecular formula is C18H21N3O4S. The SMILES string of the molecule is CCCSC1=NC(=O)C2C(=N1)NC(=O)CC2c1ccc(O)c(OCC)c1. The molecule has 1 fully saturated rings. The number of hydrogen-bond acceptors (Lipinski definition) is 6. The lowest BCUT2D eigenvalue weighted by Crippen LogP contribution is -2.49. The highest BCUT2D eigenvalue weighted by molar-refractivity contribution is 8.13. The zero-order valence-corrected chi connectivity index (χ0v) is 15.5. The number of nitrogens with zero attached hydrogens (tertiary/aromatic N) is 2. The predicted octanol–water partition coefficient (Wildman–Crippen LogP) is 2.45. The van der Waals surface area contributed by atoms with Crippen molar-refractivity contribution in [2.75, 3.05) is 12.4 Å². The molecule has 7 nitrogen and oxygen atoms in total. The number of carbonyl (C=O) groups excluding carboxylic acids is 2. The molecule has 8 heteroatoms. The summed E-state index contributed by atoms with van der Waals surface area (Å²) in [7, 11) is 0. The van der Waals surface area contributed by atoms with Crippen LogP contribution in [0.5, 0.6) is 11.5 Å². The molecule has 1 aromatic carbocycles. The average molecular weight is 375 g/mol. The summed E-state index contributed by atoms with van der Waals surface area (Å²) < 4.78 is 5.42. The number of benzene rings is 1. The fourth-order valence-electron chi connectivity index (χ4n) is 3.06. The third-order valence-electron chi connectivity index (χ3n) is 4.20. The topological polar surface area (TPSA) is 100 Å². The second-order valence-corrected chi connectivity index (χ2v) is 7.14. The van der Waals surface area contributed by atoms with Gasteiger partial charge in [0.1, 0.15) is 11.8 Å². The minimum Gasteiger partial charge on any atom is -0.504 e. The Morgan fingerprint density at radius 1 is 1.31 bits per heavy atom. The van der Waals surface area contributed by atoms with E-state index in [1.807, 2.05) is 13.8 Å². The van der Waals surface area contributed by atoms with Gasteiger partial charge in [0.2, 0.25) is 5.91 Å². The summed E-state index contributed by atoms with van der Waals surface area (Å²) in [6.07, 6.45) is 1.09. The number of aliphatic imine (C=N–C) groups is 2. The van der Waals surface area contributed by atoms with Gasteiger partial charge in [-0.2, -0.15) is 4.99 Å². The maximum atomic E-state index is 12.7. The Hall–Kier alpha value is -2.35. The number of phenols is 1. The summed E-state index contributed by atoms with van der Waals surface area (Å²) in [4.78, 5) is 33.3. The van der Waals surface area contributed by atoms with Crippen LogP contribution >= 0.6 is 11.8 Å². The molecule has 2 N–H and O–H groups in total. The van der Waals surface area contributed by atoms with E-state index in [4.69, 9.17) is 4.74 Å². The summed E-state index contributed by atoms with van der Waals surface area (Å²) in [5.41, 5.74) is 0.743. The fourth-order valence-corrected chi connectivity index (χ4v) is 3.76. The van der Waals surface area contributed by atoms with Gasteiger partial charge < -0.3 is 15.2 Å². The van der Waals surface area contributed by atoms with Crippen molar-refractivity contribution in [1.29, 1.82) is 0 Å². The van der Waals surface area contributed by atoms with Crippen molar-refractivity contribution < 1.29 is 19.4 Å². The molecule has 1 saturated heterocycles. The number of thioether (sulfide) groups is 1. The number of ether oxygens (including phenoxy) is 1. The Labute approximate surface area is 155 Å². The lowest BCUT2D eigenvalue weighted by molar-refractivity contribution is -0.124. The van der Waals surface area contributed by atoms with Gasteiger partial charge in [0.25, 0.3) is 5.91 Å². The number of carbonyl (C=O) groups is 2. The minimum absolute atomic E-state index is 0.0241. The molecule has 3 rings (SSSR count). The first kappa shape index (κ1) is 18.4. The van der Waals surface area contributed by atoms with Crippen molar-refractivity contribution in [2.45, 2.75) is 32.6 Å². The molecule has 2 amide bonds. The molecular weight excluding hydrogens is 354 g/mol. The first-order chi connectivity index (χ1) is 12.5. The smallest absolute Gasteiger partial charge is 0.259 e. The molecule has 2 aliphatic rings. The van der Waals surface area contributed by atoms with Crippen molar-refractivity contribution in [3.05, 3.63) is 23.8 Å².